The average Bonchev–Trinajstić information content (AvgIpc) is 2.40. The van der Waals surface area contributed by atoms with Crippen molar-refractivity contribution in [1.82, 2.24) is 9.97 Å². The number of aromatic nitrogens is 2. The highest BCUT2D eigenvalue weighted by atomic mass is 19.4. The van der Waals surface area contributed by atoms with Crippen LogP contribution in [0.2, 0.25) is 0 Å². The number of halogens is 3. The van der Waals surface area contributed by atoms with Gasteiger partial charge in [-0.2, -0.15) is 0 Å². The van der Waals surface area contributed by atoms with E-state index < -0.39 is 18.0 Å². The molecule has 1 heterocycles. The molecule has 9 heteroatoms. The third-order valence-electron chi connectivity index (χ3n) is 2.27. The van der Waals surface area contributed by atoms with Crippen molar-refractivity contribution in [3.63, 3.8) is 0 Å². The molecular weight excluding hydrogens is 289 g/mol. The van der Waals surface area contributed by atoms with Gasteiger partial charge in [-0.05, 0) is 12.1 Å². The number of nitrogen functional groups attached to an aromatic ring is 1. The fraction of sp³-hybridized carbons (Fsp3) is 0.0833. The minimum Gasteiger partial charge on any atom is -0.404 e. The zero-order chi connectivity index (χ0) is 15.5. The predicted octanol–water partition coefficient (Wildman–Crippen LogP) is 2.21. The third kappa shape index (κ3) is 4.06. The molecule has 1 aromatic heterocycles. The number of benzene rings is 1. The van der Waals surface area contributed by atoms with Gasteiger partial charge < -0.3 is 15.8 Å². The van der Waals surface area contributed by atoms with Gasteiger partial charge in [0.25, 0.3) is 5.91 Å². The topological polar surface area (TPSA) is 90.1 Å². The van der Waals surface area contributed by atoms with Crippen molar-refractivity contribution in [2.24, 2.45) is 0 Å². The molecule has 110 valence electrons. The molecule has 0 unspecified atom stereocenters. The van der Waals surface area contributed by atoms with Crippen LogP contribution in [0.3, 0.4) is 0 Å². The van der Waals surface area contributed by atoms with E-state index in [1.807, 2.05) is 0 Å². The second-order valence-electron chi connectivity index (χ2n) is 3.82. The molecule has 6 nitrogen and oxygen atoms in total. The molecule has 0 fully saturated rings. The Morgan fingerprint density at radius 3 is 2.52 bits per heavy atom. The molecule has 0 saturated carbocycles. The number of carbonyl (C=O) groups is 1. The molecule has 1 aromatic carbocycles. The summed E-state index contributed by atoms with van der Waals surface area (Å²) in [6, 6.07) is 5.15. The number of nitrogens with zero attached hydrogens (tertiary/aromatic N) is 2. The fourth-order valence-electron chi connectivity index (χ4n) is 1.43. The standard InChI is InChI=1S/C12H9F3N4O2/c13-12(14,15)21-9-4-2-1-3-7(9)19-11(20)8-5-18-10(16)6-17-8/h1-6H,(H2,16,18)(H,19,20). The van der Waals surface area contributed by atoms with Crippen molar-refractivity contribution < 1.29 is 22.7 Å². The molecular formula is C12H9F3N4O2. The van der Waals surface area contributed by atoms with Crippen molar-refractivity contribution in [2.75, 3.05) is 11.1 Å². The Balaban J connectivity index is 2.19. The fourth-order valence-corrected chi connectivity index (χ4v) is 1.43. The summed E-state index contributed by atoms with van der Waals surface area (Å²) < 4.78 is 40.6. The SMILES string of the molecule is Nc1cnc(C(=O)Nc2ccccc2OC(F)(F)F)cn1. The first-order chi connectivity index (χ1) is 9.85. The van der Waals surface area contributed by atoms with Crippen LogP contribution in [0.4, 0.5) is 24.7 Å². The van der Waals surface area contributed by atoms with Crippen molar-refractivity contribution in [3.05, 3.63) is 42.4 Å². The number of ether oxygens (including phenoxy) is 1. The van der Waals surface area contributed by atoms with Crippen molar-refractivity contribution in [3.8, 4) is 5.75 Å². The van der Waals surface area contributed by atoms with E-state index in [0.29, 0.717) is 0 Å². The van der Waals surface area contributed by atoms with Crippen LogP contribution in [0.1, 0.15) is 10.5 Å². The molecule has 0 aliphatic rings. The Morgan fingerprint density at radius 1 is 1.19 bits per heavy atom. The van der Waals surface area contributed by atoms with Gasteiger partial charge in [-0.15, -0.1) is 13.2 Å². The molecule has 0 bridgehead atoms. The Hall–Kier alpha value is -2.84. The second kappa shape index (κ2) is 5.65. The summed E-state index contributed by atoms with van der Waals surface area (Å²) in [6.45, 7) is 0. The van der Waals surface area contributed by atoms with E-state index in [-0.39, 0.29) is 17.2 Å². The lowest BCUT2D eigenvalue weighted by Gasteiger charge is -2.13. The van der Waals surface area contributed by atoms with Crippen LogP contribution in [0, 0.1) is 0 Å². The number of hydrogen-bond acceptors (Lipinski definition) is 5. The van der Waals surface area contributed by atoms with Crippen LogP contribution in [-0.4, -0.2) is 22.2 Å². The summed E-state index contributed by atoms with van der Waals surface area (Å²) in [5.74, 6) is -1.14. The normalized spacial score (nSPS) is 11.0. The number of alkyl halides is 3. The van der Waals surface area contributed by atoms with E-state index in [0.717, 1.165) is 18.5 Å². The minimum atomic E-state index is -4.86. The average molecular weight is 298 g/mol. The zero-order valence-electron chi connectivity index (χ0n) is 10.4. The highest BCUT2D eigenvalue weighted by Crippen LogP contribution is 2.30. The lowest BCUT2D eigenvalue weighted by Crippen LogP contribution is -2.20. The van der Waals surface area contributed by atoms with Crippen LogP contribution in [-0.2, 0) is 0 Å². The molecule has 2 aromatic rings. The first kappa shape index (κ1) is 14.6. The minimum absolute atomic E-state index is 0.0917. The van der Waals surface area contributed by atoms with Gasteiger partial charge in [-0.1, -0.05) is 12.1 Å². The number of carbonyl (C=O) groups excluding carboxylic acids is 1. The largest absolute Gasteiger partial charge is 0.573 e. The lowest BCUT2D eigenvalue weighted by molar-refractivity contribution is -0.274. The van der Waals surface area contributed by atoms with E-state index in [1.54, 1.807) is 0 Å². The molecule has 3 N–H and O–H groups in total. The lowest BCUT2D eigenvalue weighted by atomic mass is 10.3. The van der Waals surface area contributed by atoms with Gasteiger partial charge in [0.15, 0.2) is 5.75 Å². The zero-order valence-corrected chi connectivity index (χ0v) is 10.4. The first-order valence-electron chi connectivity index (χ1n) is 5.59. The van der Waals surface area contributed by atoms with Crippen molar-refractivity contribution >= 4 is 17.4 Å². The van der Waals surface area contributed by atoms with Crippen LogP contribution < -0.4 is 15.8 Å². The number of nitrogens with one attached hydrogen (secondary N) is 1. The summed E-state index contributed by atoms with van der Waals surface area (Å²) in [7, 11) is 0. The molecule has 21 heavy (non-hydrogen) atoms. The molecule has 1 amide bonds. The van der Waals surface area contributed by atoms with E-state index in [9.17, 15) is 18.0 Å². The van der Waals surface area contributed by atoms with Crippen LogP contribution >= 0.6 is 0 Å². The Bertz CT molecular complexity index is 644. The van der Waals surface area contributed by atoms with Crippen molar-refractivity contribution in [2.45, 2.75) is 6.36 Å². The van der Waals surface area contributed by atoms with Crippen LogP contribution in [0.25, 0.3) is 0 Å². The molecule has 0 radical (unpaired) electrons. The number of hydrogen-bond donors (Lipinski definition) is 2. The maximum Gasteiger partial charge on any atom is 0.573 e. The van der Waals surface area contributed by atoms with Gasteiger partial charge in [0.05, 0.1) is 18.1 Å². The number of rotatable bonds is 3. The van der Waals surface area contributed by atoms with Gasteiger partial charge in [-0.3, -0.25) is 4.79 Å². The second-order valence-corrected chi connectivity index (χ2v) is 3.82. The predicted molar refractivity (Wildman–Crippen MR) is 67.5 cm³/mol. The Labute approximate surface area is 116 Å². The number of para-hydroxylation sites is 2. The smallest absolute Gasteiger partial charge is 0.404 e. The van der Waals surface area contributed by atoms with E-state index >= 15 is 0 Å². The van der Waals surface area contributed by atoms with Gasteiger partial charge >= 0.3 is 6.36 Å². The van der Waals surface area contributed by atoms with E-state index in [2.05, 4.69) is 20.0 Å². The highest BCUT2D eigenvalue weighted by molar-refractivity contribution is 6.03. The third-order valence-corrected chi connectivity index (χ3v) is 2.27. The van der Waals surface area contributed by atoms with Gasteiger partial charge in [-0.25, -0.2) is 9.97 Å². The monoisotopic (exact) mass is 298 g/mol. The molecule has 0 spiro atoms. The summed E-state index contributed by atoms with van der Waals surface area (Å²) in [5, 5.41) is 2.26. The summed E-state index contributed by atoms with van der Waals surface area (Å²) in [5.41, 5.74) is 5.09. The highest BCUT2D eigenvalue weighted by Gasteiger charge is 2.32. The molecule has 0 aliphatic carbocycles. The Morgan fingerprint density at radius 2 is 1.90 bits per heavy atom. The van der Waals surface area contributed by atoms with Gasteiger partial charge in [0.2, 0.25) is 0 Å². The van der Waals surface area contributed by atoms with Gasteiger partial charge in [0, 0.05) is 0 Å². The van der Waals surface area contributed by atoms with Crippen LogP contribution in [0.5, 0.6) is 5.75 Å². The quantitative estimate of drug-likeness (QED) is 0.906. The van der Waals surface area contributed by atoms with Crippen LogP contribution in [0.15, 0.2) is 36.7 Å². The van der Waals surface area contributed by atoms with Crippen molar-refractivity contribution in [1.29, 1.82) is 0 Å². The molecule has 0 saturated heterocycles. The van der Waals surface area contributed by atoms with Gasteiger partial charge in [0.1, 0.15) is 11.5 Å². The molecule has 0 aliphatic heterocycles. The molecule has 2 rings (SSSR count). The Kier molecular flexibility index (Phi) is 3.92. The maximum atomic E-state index is 12.3. The van der Waals surface area contributed by atoms with E-state index in [4.69, 9.17) is 5.73 Å². The number of nitrogens with two attached hydrogens (primary N) is 1. The summed E-state index contributed by atoms with van der Waals surface area (Å²) >= 11 is 0. The summed E-state index contributed by atoms with van der Waals surface area (Å²) in [4.78, 5) is 19.2. The number of amides is 1. The number of anilines is 2. The maximum absolute atomic E-state index is 12.3. The molecule has 0 atom stereocenters. The first-order valence-corrected chi connectivity index (χ1v) is 5.59. The van der Waals surface area contributed by atoms with E-state index in [1.165, 1.54) is 18.2 Å². The summed E-state index contributed by atoms with van der Waals surface area (Å²) in [6.07, 6.45) is -2.59.